The molecule has 0 aliphatic carbocycles. The van der Waals surface area contributed by atoms with Crippen molar-refractivity contribution in [1.82, 2.24) is 16.0 Å². The number of hydrogen-bond acceptors (Lipinski definition) is 6. The molecule has 0 unspecified atom stereocenters. The molecule has 0 rings (SSSR count). The summed E-state index contributed by atoms with van der Waals surface area (Å²) in [4.78, 5) is 60.2. The van der Waals surface area contributed by atoms with Gasteiger partial charge >= 0.3 is 5.97 Å². The van der Waals surface area contributed by atoms with Crippen LogP contribution in [-0.2, 0) is 24.0 Å². The molecule has 11 nitrogen and oxygen atoms in total. The van der Waals surface area contributed by atoms with Gasteiger partial charge in [-0.2, -0.15) is 0 Å². The molecule has 0 fully saturated rings. The van der Waals surface area contributed by atoms with Crippen LogP contribution in [0.4, 0.5) is 0 Å². The van der Waals surface area contributed by atoms with Crippen molar-refractivity contribution in [2.75, 3.05) is 0 Å². The highest BCUT2D eigenvalue weighted by atomic mass is 16.4. The number of carboxylic acids is 1. The molecular weight excluding hydrogens is 406 g/mol. The molecule has 0 spiro atoms. The zero-order valence-corrected chi connectivity index (χ0v) is 19.1. The van der Waals surface area contributed by atoms with E-state index in [9.17, 15) is 29.1 Å². The molecule has 0 heterocycles. The summed E-state index contributed by atoms with van der Waals surface area (Å²) in [5.41, 5.74) is 10.9. The van der Waals surface area contributed by atoms with E-state index in [-0.39, 0.29) is 11.8 Å². The van der Waals surface area contributed by atoms with Crippen molar-refractivity contribution in [2.24, 2.45) is 29.2 Å². The lowest BCUT2D eigenvalue weighted by atomic mass is 9.98. The van der Waals surface area contributed by atoms with E-state index in [1.165, 1.54) is 0 Å². The first-order valence-electron chi connectivity index (χ1n) is 10.3. The Balaban J connectivity index is 5.45. The summed E-state index contributed by atoms with van der Waals surface area (Å²) >= 11 is 0. The molecule has 0 aliphatic heterocycles. The van der Waals surface area contributed by atoms with Crippen molar-refractivity contribution >= 4 is 29.6 Å². The van der Waals surface area contributed by atoms with Gasteiger partial charge in [-0.3, -0.25) is 19.2 Å². The van der Waals surface area contributed by atoms with Gasteiger partial charge in [0.15, 0.2) is 0 Å². The number of carbonyl (C=O) groups is 5. The Morgan fingerprint density at radius 1 is 0.774 bits per heavy atom. The van der Waals surface area contributed by atoms with Crippen LogP contribution >= 0.6 is 0 Å². The van der Waals surface area contributed by atoms with Gasteiger partial charge < -0.3 is 32.5 Å². The predicted octanol–water partition coefficient (Wildman–Crippen LogP) is -0.914. The lowest BCUT2D eigenvalue weighted by molar-refractivity contribution is -0.144. The van der Waals surface area contributed by atoms with Gasteiger partial charge in [-0.25, -0.2) is 4.79 Å². The Kier molecular flexibility index (Phi) is 11.8. The summed E-state index contributed by atoms with van der Waals surface area (Å²) in [5.74, 6) is -4.62. The van der Waals surface area contributed by atoms with Gasteiger partial charge in [-0.05, 0) is 24.2 Å². The smallest absolute Gasteiger partial charge is 0.326 e. The second kappa shape index (κ2) is 12.9. The summed E-state index contributed by atoms with van der Waals surface area (Å²) in [6.07, 6.45) is -0.271. The number of carbonyl (C=O) groups excluding carboxylic acids is 4. The molecular formula is C20H37N5O6. The number of aliphatic carboxylic acids is 1. The van der Waals surface area contributed by atoms with E-state index in [0.717, 1.165) is 0 Å². The second-order valence-corrected chi connectivity index (χ2v) is 8.76. The Labute approximate surface area is 183 Å². The lowest BCUT2D eigenvalue weighted by Crippen LogP contribution is -2.59. The molecule has 31 heavy (non-hydrogen) atoms. The third-order valence-corrected chi connectivity index (χ3v) is 4.63. The van der Waals surface area contributed by atoms with Crippen LogP contribution < -0.4 is 27.4 Å². The van der Waals surface area contributed by atoms with Crippen molar-refractivity contribution < 1.29 is 29.1 Å². The topological polar surface area (TPSA) is 194 Å². The molecule has 0 saturated heterocycles. The van der Waals surface area contributed by atoms with Gasteiger partial charge in [0.25, 0.3) is 0 Å². The van der Waals surface area contributed by atoms with E-state index in [0.29, 0.717) is 6.42 Å². The summed E-state index contributed by atoms with van der Waals surface area (Å²) in [6, 6.07) is -4.32. The quantitative estimate of drug-likeness (QED) is 0.212. The van der Waals surface area contributed by atoms with Crippen LogP contribution in [0.1, 0.15) is 54.4 Å². The maximum atomic E-state index is 12.9. The minimum absolute atomic E-state index is 0.0598. The number of carboxylic acid groups (broad SMARTS) is 1. The highest BCUT2D eigenvalue weighted by Gasteiger charge is 2.32. The average molecular weight is 444 g/mol. The normalized spacial score (nSPS) is 15.2. The molecule has 0 aliphatic rings. The molecule has 0 aromatic heterocycles. The Bertz CT molecular complexity index is 664. The van der Waals surface area contributed by atoms with Crippen LogP contribution in [0.5, 0.6) is 0 Å². The Morgan fingerprint density at radius 3 is 1.68 bits per heavy atom. The summed E-state index contributed by atoms with van der Waals surface area (Å²) < 4.78 is 0. The Hall–Kier alpha value is -2.69. The first-order valence-corrected chi connectivity index (χ1v) is 10.3. The maximum Gasteiger partial charge on any atom is 0.326 e. The van der Waals surface area contributed by atoms with Crippen LogP contribution in [0, 0.1) is 17.8 Å². The monoisotopic (exact) mass is 443 g/mol. The number of amides is 4. The molecule has 4 amide bonds. The van der Waals surface area contributed by atoms with E-state index in [1.807, 2.05) is 13.8 Å². The van der Waals surface area contributed by atoms with Crippen molar-refractivity contribution in [1.29, 1.82) is 0 Å². The fourth-order valence-corrected chi connectivity index (χ4v) is 2.73. The molecule has 11 heteroatoms. The van der Waals surface area contributed by atoms with Gasteiger partial charge in [-0.1, -0.05) is 41.5 Å². The van der Waals surface area contributed by atoms with Crippen LogP contribution in [0.3, 0.4) is 0 Å². The highest BCUT2D eigenvalue weighted by Crippen LogP contribution is 2.09. The van der Waals surface area contributed by atoms with Crippen molar-refractivity contribution in [3.8, 4) is 0 Å². The van der Waals surface area contributed by atoms with Gasteiger partial charge in [0.1, 0.15) is 18.1 Å². The second-order valence-electron chi connectivity index (χ2n) is 8.76. The van der Waals surface area contributed by atoms with Gasteiger partial charge in [0.05, 0.1) is 12.5 Å². The number of nitrogens with two attached hydrogens (primary N) is 2. The molecule has 0 bridgehead atoms. The van der Waals surface area contributed by atoms with E-state index >= 15 is 0 Å². The zero-order valence-electron chi connectivity index (χ0n) is 19.1. The fraction of sp³-hybridized carbons (Fsp3) is 0.750. The predicted molar refractivity (Wildman–Crippen MR) is 114 cm³/mol. The molecule has 0 aromatic rings. The zero-order chi connectivity index (χ0) is 24.5. The maximum absolute atomic E-state index is 12.9. The molecule has 8 N–H and O–H groups in total. The standard InChI is InChI=1S/C20H37N5O6/c1-9(2)7-12(23-18(28)15(22)10(3)4)17(27)25-16(11(5)6)19(29)24-13(20(30)31)8-14(21)26/h9-13,15-16H,7-8,22H2,1-6H3,(H2,21,26)(H,23,28)(H,24,29)(H,25,27)(H,30,31)/t12-,13-,15-,16-/m0/s1. The number of rotatable bonds is 13. The van der Waals surface area contributed by atoms with E-state index in [2.05, 4.69) is 16.0 Å². The van der Waals surface area contributed by atoms with E-state index < -0.39 is 66.1 Å². The van der Waals surface area contributed by atoms with E-state index in [1.54, 1.807) is 27.7 Å². The number of nitrogens with one attached hydrogen (secondary N) is 3. The number of hydrogen-bond donors (Lipinski definition) is 6. The fourth-order valence-electron chi connectivity index (χ4n) is 2.73. The van der Waals surface area contributed by atoms with E-state index in [4.69, 9.17) is 11.5 Å². The summed E-state index contributed by atoms with van der Waals surface area (Å²) in [7, 11) is 0. The first-order chi connectivity index (χ1) is 14.2. The van der Waals surface area contributed by atoms with Gasteiger partial charge in [-0.15, -0.1) is 0 Å². The minimum Gasteiger partial charge on any atom is -0.480 e. The Morgan fingerprint density at radius 2 is 1.29 bits per heavy atom. The summed E-state index contributed by atoms with van der Waals surface area (Å²) in [6.45, 7) is 10.7. The van der Waals surface area contributed by atoms with Gasteiger partial charge in [0.2, 0.25) is 23.6 Å². The largest absolute Gasteiger partial charge is 0.480 e. The van der Waals surface area contributed by atoms with Crippen LogP contribution in [-0.4, -0.2) is 58.9 Å². The molecule has 178 valence electrons. The minimum atomic E-state index is -1.52. The summed E-state index contributed by atoms with van der Waals surface area (Å²) in [5, 5.41) is 16.6. The molecule has 0 aromatic carbocycles. The van der Waals surface area contributed by atoms with Crippen molar-refractivity contribution in [3.63, 3.8) is 0 Å². The van der Waals surface area contributed by atoms with Crippen LogP contribution in [0.2, 0.25) is 0 Å². The van der Waals surface area contributed by atoms with Crippen LogP contribution in [0.25, 0.3) is 0 Å². The molecule has 0 radical (unpaired) electrons. The first kappa shape index (κ1) is 28.3. The highest BCUT2D eigenvalue weighted by molar-refractivity contribution is 5.95. The molecule has 0 saturated carbocycles. The molecule has 4 atom stereocenters. The SMILES string of the molecule is CC(C)C[C@H](NC(=O)[C@@H](N)C(C)C)C(=O)N[C@H](C(=O)N[C@@H](CC(N)=O)C(=O)O)C(C)C. The van der Waals surface area contributed by atoms with Gasteiger partial charge in [0, 0.05) is 0 Å². The average Bonchev–Trinajstić information content (AvgIpc) is 2.62. The third-order valence-electron chi connectivity index (χ3n) is 4.63. The van der Waals surface area contributed by atoms with Crippen molar-refractivity contribution in [2.45, 2.75) is 78.6 Å². The lowest BCUT2D eigenvalue weighted by Gasteiger charge is -2.28. The van der Waals surface area contributed by atoms with Crippen LogP contribution in [0.15, 0.2) is 0 Å². The third kappa shape index (κ3) is 10.3. The van der Waals surface area contributed by atoms with Crippen molar-refractivity contribution in [3.05, 3.63) is 0 Å². The number of primary amides is 1.